The van der Waals surface area contributed by atoms with Gasteiger partial charge in [0.15, 0.2) is 28.8 Å². The zero-order chi connectivity index (χ0) is 18.8. The Morgan fingerprint density at radius 3 is 2.93 bits per heavy atom. The summed E-state index contributed by atoms with van der Waals surface area (Å²) in [6.45, 7) is 0.0226. The van der Waals surface area contributed by atoms with Crippen LogP contribution in [0.2, 0.25) is 0 Å². The third-order valence-electron chi connectivity index (χ3n) is 4.38. The maximum Gasteiger partial charge on any atom is 0.273 e. The molecule has 0 saturated heterocycles. The van der Waals surface area contributed by atoms with Crippen LogP contribution in [0.15, 0.2) is 28.8 Å². The Morgan fingerprint density at radius 2 is 2.11 bits per heavy atom. The van der Waals surface area contributed by atoms with Crippen LogP contribution in [0, 0.1) is 11.6 Å². The highest BCUT2D eigenvalue weighted by molar-refractivity contribution is 5.92. The van der Waals surface area contributed by atoms with E-state index in [1.165, 1.54) is 12.1 Å². The molecular weight excluding hydrogens is 358 g/mol. The molecule has 0 saturated carbocycles. The van der Waals surface area contributed by atoms with Gasteiger partial charge in [-0.2, -0.15) is 5.10 Å². The fourth-order valence-electron chi connectivity index (χ4n) is 3.04. The van der Waals surface area contributed by atoms with Gasteiger partial charge in [0.1, 0.15) is 6.61 Å². The van der Waals surface area contributed by atoms with Gasteiger partial charge in [-0.05, 0) is 37.0 Å². The van der Waals surface area contributed by atoms with Crippen molar-refractivity contribution in [2.75, 3.05) is 0 Å². The molecule has 1 amide bonds. The van der Waals surface area contributed by atoms with E-state index >= 15 is 0 Å². The summed E-state index contributed by atoms with van der Waals surface area (Å²) in [5.41, 5.74) is 3.16. The lowest BCUT2D eigenvalue weighted by Crippen LogP contribution is -2.23. The molecule has 0 aliphatic heterocycles. The normalized spacial score (nSPS) is 12.8. The van der Waals surface area contributed by atoms with Crippen LogP contribution in [0.1, 0.15) is 39.6 Å². The molecule has 0 fully saturated rings. The number of amides is 1. The van der Waals surface area contributed by atoms with E-state index in [4.69, 9.17) is 9.26 Å². The number of carbonyl (C=O) groups is 1. The number of aromatic nitrogens is 3. The molecule has 0 unspecified atom stereocenters. The summed E-state index contributed by atoms with van der Waals surface area (Å²) >= 11 is 0. The number of nitrogens with zero attached hydrogens (tertiary/aromatic N) is 2. The van der Waals surface area contributed by atoms with Crippen LogP contribution < -0.4 is 10.1 Å². The summed E-state index contributed by atoms with van der Waals surface area (Å²) < 4.78 is 37.1. The van der Waals surface area contributed by atoms with Crippen LogP contribution in [0.25, 0.3) is 0 Å². The van der Waals surface area contributed by atoms with Gasteiger partial charge in [0.25, 0.3) is 5.91 Å². The fourth-order valence-corrected chi connectivity index (χ4v) is 3.04. The Kier molecular flexibility index (Phi) is 4.57. The van der Waals surface area contributed by atoms with Gasteiger partial charge in [0.05, 0.1) is 12.2 Å². The molecule has 2 heterocycles. The van der Waals surface area contributed by atoms with E-state index in [1.807, 2.05) is 0 Å². The van der Waals surface area contributed by atoms with Crippen molar-refractivity contribution in [1.82, 2.24) is 20.7 Å². The van der Waals surface area contributed by atoms with E-state index in [9.17, 15) is 13.6 Å². The third kappa shape index (κ3) is 3.53. The Balaban J connectivity index is 1.35. The molecule has 4 rings (SSSR count). The molecule has 1 aromatic carbocycles. The molecule has 2 N–H and O–H groups in total. The van der Waals surface area contributed by atoms with E-state index in [-0.39, 0.29) is 24.6 Å². The molecule has 7 nitrogen and oxygen atoms in total. The molecule has 1 aliphatic carbocycles. The second-order valence-corrected chi connectivity index (χ2v) is 6.18. The van der Waals surface area contributed by atoms with Crippen LogP contribution in [-0.4, -0.2) is 21.3 Å². The number of nitrogens with one attached hydrogen (secondary N) is 2. The minimum atomic E-state index is -0.820. The zero-order valence-electron chi connectivity index (χ0n) is 14.2. The van der Waals surface area contributed by atoms with Crippen LogP contribution in [-0.2, 0) is 26.0 Å². The summed E-state index contributed by atoms with van der Waals surface area (Å²) in [7, 11) is 0. The topological polar surface area (TPSA) is 93.0 Å². The molecule has 0 radical (unpaired) electrons. The Morgan fingerprint density at radius 1 is 1.30 bits per heavy atom. The molecule has 3 aromatic rings. The van der Waals surface area contributed by atoms with Crippen molar-refractivity contribution in [2.45, 2.75) is 32.4 Å². The first-order valence-corrected chi connectivity index (χ1v) is 8.47. The van der Waals surface area contributed by atoms with E-state index in [2.05, 4.69) is 20.7 Å². The van der Waals surface area contributed by atoms with Gasteiger partial charge in [-0.25, -0.2) is 8.78 Å². The number of aryl methyl sites for hydroxylation is 1. The minimum Gasteiger partial charge on any atom is -0.479 e. The molecule has 0 bridgehead atoms. The summed E-state index contributed by atoms with van der Waals surface area (Å²) in [5.74, 6) is -2.41. The van der Waals surface area contributed by atoms with Crippen LogP contribution in [0.5, 0.6) is 5.75 Å². The van der Waals surface area contributed by atoms with Crippen molar-refractivity contribution < 1.29 is 22.8 Å². The van der Waals surface area contributed by atoms with Crippen molar-refractivity contribution in [2.24, 2.45) is 0 Å². The molecule has 140 valence electrons. The van der Waals surface area contributed by atoms with Gasteiger partial charge >= 0.3 is 0 Å². The minimum absolute atomic E-state index is 0.0507. The molecule has 0 spiro atoms. The standard InChI is InChI=1S/C18H16F2N4O3/c19-12-4-2-5-13(20)17(12)26-9-10-7-15(24-27-10)18(25)21-8-16-11-3-1-6-14(11)22-23-16/h2,4-5,7H,1,3,6,8-9H2,(H,21,25)(H,22,23). The van der Waals surface area contributed by atoms with Crippen molar-refractivity contribution >= 4 is 5.91 Å². The van der Waals surface area contributed by atoms with Gasteiger partial charge in [-0.15, -0.1) is 0 Å². The summed E-state index contributed by atoms with van der Waals surface area (Å²) in [4.78, 5) is 12.2. The summed E-state index contributed by atoms with van der Waals surface area (Å²) in [6.07, 6.45) is 3.01. The van der Waals surface area contributed by atoms with Gasteiger partial charge < -0.3 is 14.6 Å². The first kappa shape index (κ1) is 17.2. The van der Waals surface area contributed by atoms with Crippen molar-refractivity contribution in [1.29, 1.82) is 0 Å². The number of carbonyl (C=O) groups excluding carboxylic acids is 1. The average Bonchev–Trinajstić information content (AvgIpc) is 3.37. The van der Waals surface area contributed by atoms with Crippen molar-refractivity contribution in [3.8, 4) is 5.75 Å². The predicted octanol–water partition coefficient (Wildman–Crippen LogP) is 2.67. The number of rotatable bonds is 6. The van der Waals surface area contributed by atoms with Crippen molar-refractivity contribution in [3.05, 3.63) is 64.3 Å². The fraction of sp³-hybridized carbons (Fsp3) is 0.278. The quantitative estimate of drug-likeness (QED) is 0.692. The smallest absolute Gasteiger partial charge is 0.273 e. The molecular formula is C18H16F2N4O3. The first-order valence-electron chi connectivity index (χ1n) is 8.47. The zero-order valence-corrected chi connectivity index (χ0v) is 14.2. The molecule has 1 aliphatic rings. The number of hydrogen-bond acceptors (Lipinski definition) is 5. The Bertz CT molecular complexity index is 963. The largest absolute Gasteiger partial charge is 0.479 e. The average molecular weight is 374 g/mol. The highest BCUT2D eigenvalue weighted by Crippen LogP contribution is 2.23. The first-order chi connectivity index (χ1) is 13.1. The summed E-state index contributed by atoms with van der Waals surface area (Å²) in [5, 5.41) is 13.6. The number of ether oxygens (including phenoxy) is 1. The van der Waals surface area contributed by atoms with Crippen LogP contribution in [0.4, 0.5) is 8.78 Å². The maximum atomic E-state index is 13.5. The van der Waals surface area contributed by atoms with Crippen molar-refractivity contribution in [3.63, 3.8) is 0 Å². The predicted molar refractivity (Wildman–Crippen MR) is 89.0 cm³/mol. The SMILES string of the molecule is O=C(NCc1n[nH]c2c1CCC2)c1cc(COc2c(F)cccc2F)on1. The molecule has 9 heteroatoms. The van der Waals surface area contributed by atoms with Crippen LogP contribution >= 0.6 is 0 Å². The van der Waals surface area contributed by atoms with E-state index in [0.29, 0.717) is 0 Å². The number of aromatic amines is 1. The highest BCUT2D eigenvalue weighted by atomic mass is 19.1. The number of halogens is 2. The lowest BCUT2D eigenvalue weighted by Gasteiger charge is -2.05. The monoisotopic (exact) mass is 374 g/mol. The number of H-pyrrole nitrogens is 1. The maximum absolute atomic E-state index is 13.5. The highest BCUT2D eigenvalue weighted by Gasteiger charge is 2.20. The Labute approximate surface area is 152 Å². The van der Waals surface area contributed by atoms with Crippen LogP contribution in [0.3, 0.4) is 0 Å². The van der Waals surface area contributed by atoms with Gasteiger partial charge in [-0.3, -0.25) is 9.89 Å². The molecule has 0 atom stereocenters. The van der Waals surface area contributed by atoms with E-state index in [1.54, 1.807) is 0 Å². The molecule has 27 heavy (non-hydrogen) atoms. The summed E-state index contributed by atoms with van der Waals surface area (Å²) in [6, 6.07) is 4.78. The third-order valence-corrected chi connectivity index (χ3v) is 4.38. The van der Waals surface area contributed by atoms with Gasteiger partial charge in [0.2, 0.25) is 0 Å². The number of fused-ring (bicyclic) bond motifs is 1. The van der Waals surface area contributed by atoms with Gasteiger partial charge in [-0.1, -0.05) is 11.2 Å². The second-order valence-electron chi connectivity index (χ2n) is 6.18. The lowest BCUT2D eigenvalue weighted by atomic mass is 10.2. The van der Waals surface area contributed by atoms with Gasteiger partial charge in [0, 0.05) is 11.8 Å². The number of para-hydroxylation sites is 1. The molecule has 2 aromatic heterocycles. The number of benzene rings is 1. The van der Waals surface area contributed by atoms with E-state index < -0.39 is 23.3 Å². The van der Waals surface area contributed by atoms with E-state index in [0.717, 1.165) is 48.3 Å². The number of hydrogen-bond donors (Lipinski definition) is 2. The Hall–Kier alpha value is -3.23. The lowest BCUT2D eigenvalue weighted by molar-refractivity contribution is 0.0941. The second kappa shape index (κ2) is 7.18.